The number of nitrogens with zero attached hydrogens (tertiary/aromatic N) is 3. The second kappa shape index (κ2) is 3.36. The van der Waals surface area contributed by atoms with E-state index in [-0.39, 0.29) is 11.8 Å². The topological polar surface area (TPSA) is 47.8 Å². The third-order valence-electron chi connectivity index (χ3n) is 2.33. The molecular formula is C10H13N3O. The van der Waals surface area contributed by atoms with Crippen molar-refractivity contribution in [1.82, 2.24) is 14.8 Å². The summed E-state index contributed by atoms with van der Waals surface area (Å²) in [6.45, 7) is 4.10. The van der Waals surface area contributed by atoms with E-state index >= 15 is 0 Å². The standard InChI is InChI=1S/C10H13N3O/c1-7(2)13-10(11-6-12-13)8-3-4-9(14)5-8/h5-7H,3-4H2,1-2H3. The van der Waals surface area contributed by atoms with Crippen LogP contribution in [0.4, 0.5) is 0 Å². The van der Waals surface area contributed by atoms with Crippen molar-refractivity contribution in [3.63, 3.8) is 0 Å². The van der Waals surface area contributed by atoms with Crippen LogP contribution in [0, 0.1) is 0 Å². The fourth-order valence-corrected chi connectivity index (χ4v) is 1.63. The number of carbonyl (C=O) groups excluding carboxylic acids is 1. The monoisotopic (exact) mass is 191 g/mol. The molecule has 1 aromatic rings. The van der Waals surface area contributed by atoms with Crippen LogP contribution in [0.15, 0.2) is 12.4 Å². The fraction of sp³-hybridized carbons (Fsp3) is 0.500. The average Bonchev–Trinajstić information content (AvgIpc) is 2.70. The number of hydrogen-bond acceptors (Lipinski definition) is 3. The molecule has 1 aliphatic carbocycles. The van der Waals surface area contributed by atoms with Crippen LogP contribution in [0.1, 0.15) is 38.6 Å². The number of ketones is 1. The van der Waals surface area contributed by atoms with Gasteiger partial charge < -0.3 is 0 Å². The number of rotatable bonds is 2. The quantitative estimate of drug-likeness (QED) is 0.713. The van der Waals surface area contributed by atoms with Crippen LogP contribution in [0.3, 0.4) is 0 Å². The summed E-state index contributed by atoms with van der Waals surface area (Å²) in [6.07, 6.45) is 4.63. The lowest BCUT2D eigenvalue weighted by Gasteiger charge is -2.08. The molecule has 4 heteroatoms. The van der Waals surface area contributed by atoms with Gasteiger partial charge in [-0.1, -0.05) is 0 Å². The molecule has 2 rings (SSSR count). The molecular weight excluding hydrogens is 178 g/mol. The van der Waals surface area contributed by atoms with Crippen LogP contribution < -0.4 is 0 Å². The number of aromatic nitrogens is 3. The van der Waals surface area contributed by atoms with Gasteiger partial charge in [-0.25, -0.2) is 9.67 Å². The van der Waals surface area contributed by atoms with E-state index in [1.54, 1.807) is 12.4 Å². The summed E-state index contributed by atoms with van der Waals surface area (Å²) >= 11 is 0. The molecule has 1 heterocycles. The first-order valence-electron chi connectivity index (χ1n) is 4.82. The Kier molecular flexibility index (Phi) is 2.19. The Morgan fingerprint density at radius 1 is 1.43 bits per heavy atom. The highest BCUT2D eigenvalue weighted by atomic mass is 16.1. The van der Waals surface area contributed by atoms with E-state index in [1.807, 2.05) is 4.68 Å². The molecule has 0 aromatic carbocycles. The van der Waals surface area contributed by atoms with Gasteiger partial charge in [0.25, 0.3) is 0 Å². The van der Waals surface area contributed by atoms with Crippen LogP contribution in [-0.2, 0) is 4.79 Å². The lowest BCUT2D eigenvalue weighted by atomic mass is 10.2. The predicted octanol–water partition coefficient (Wildman–Crippen LogP) is 1.61. The Bertz CT molecular complexity index is 390. The zero-order chi connectivity index (χ0) is 10.1. The molecule has 1 aromatic heterocycles. The zero-order valence-electron chi connectivity index (χ0n) is 8.40. The molecule has 0 radical (unpaired) electrons. The van der Waals surface area contributed by atoms with Gasteiger partial charge in [-0.15, -0.1) is 0 Å². The van der Waals surface area contributed by atoms with E-state index in [2.05, 4.69) is 23.9 Å². The molecule has 0 N–H and O–H groups in total. The summed E-state index contributed by atoms with van der Waals surface area (Å²) in [7, 11) is 0. The molecule has 14 heavy (non-hydrogen) atoms. The highest BCUT2D eigenvalue weighted by Crippen LogP contribution is 2.25. The van der Waals surface area contributed by atoms with Crippen molar-refractivity contribution >= 4 is 11.4 Å². The minimum absolute atomic E-state index is 0.193. The third kappa shape index (κ3) is 1.47. The maximum Gasteiger partial charge on any atom is 0.156 e. The van der Waals surface area contributed by atoms with Gasteiger partial charge >= 0.3 is 0 Å². The second-order valence-electron chi connectivity index (χ2n) is 3.76. The zero-order valence-corrected chi connectivity index (χ0v) is 8.40. The van der Waals surface area contributed by atoms with Crippen molar-refractivity contribution in [2.24, 2.45) is 0 Å². The van der Waals surface area contributed by atoms with Crippen molar-refractivity contribution in [3.05, 3.63) is 18.2 Å². The van der Waals surface area contributed by atoms with Crippen molar-refractivity contribution in [2.45, 2.75) is 32.7 Å². The van der Waals surface area contributed by atoms with Crippen molar-refractivity contribution in [1.29, 1.82) is 0 Å². The van der Waals surface area contributed by atoms with E-state index in [0.717, 1.165) is 17.8 Å². The van der Waals surface area contributed by atoms with Crippen LogP contribution in [-0.4, -0.2) is 20.5 Å². The number of hydrogen-bond donors (Lipinski definition) is 0. The van der Waals surface area contributed by atoms with Crippen LogP contribution >= 0.6 is 0 Å². The molecule has 0 spiro atoms. The van der Waals surface area contributed by atoms with E-state index in [9.17, 15) is 4.79 Å². The van der Waals surface area contributed by atoms with E-state index < -0.39 is 0 Å². The summed E-state index contributed by atoms with van der Waals surface area (Å²) in [5, 5.41) is 4.14. The molecule has 0 unspecified atom stereocenters. The maximum absolute atomic E-state index is 11.1. The van der Waals surface area contributed by atoms with Crippen molar-refractivity contribution < 1.29 is 4.79 Å². The lowest BCUT2D eigenvalue weighted by Crippen LogP contribution is -2.07. The van der Waals surface area contributed by atoms with E-state index in [4.69, 9.17) is 0 Å². The Labute approximate surface area is 82.6 Å². The molecule has 0 aliphatic heterocycles. The molecule has 0 fully saturated rings. The summed E-state index contributed by atoms with van der Waals surface area (Å²) < 4.78 is 1.85. The Hall–Kier alpha value is -1.45. The number of carbonyl (C=O) groups is 1. The SMILES string of the molecule is CC(C)n1ncnc1C1=CC(=O)CC1. The molecule has 0 bridgehead atoms. The first-order chi connectivity index (χ1) is 6.68. The molecule has 1 aliphatic rings. The molecule has 4 nitrogen and oxygen atoms in total. The van der Waals surface area contributed by atoms with E-state index in [1.165, 1.54) is 0 Å². The minimum Gasteiger partial charge on any atom is -0.295 e. The molecule has 0 saturated heterocycles. The summed E-state index contributed by atoms with van der Waals surface area (Å²) in [4.78, 5) is 15.3. The van der Waals surface area contributed by atoms with Gasteiger partial charge in [0.1, 0.15) is 6.33 Å². The van der Waals surface area contributed by atoms with Gasteiger partial charge in [0, 0.05) is 18.0 Å². The maximum atomic E-state index is 11.1. The van der Waals surface area contributed by atoms with Gasteiger partial charge in [-0.3, -0.25) is 4.79 Å². The third-order valence-corrected chi connectivity index (χ3v) is 2.33. The van der Waals surface area contributed by atoms with Gasteiger partial charge in [-0.2, -0.15) is 5.10 Å². The second-order valence-corrected chi connectivity index (χ2v) is 3.76. The van der Waals surface area contributed by atoms with Crippen LogP contribution in [0.2, 0.25) is 0 Å². The van der Waals surface area contributed by atoms with Crippen molar-refractivity contribution in [3.8, 4) is 0 Å². The Balaban J connectivity index is 2.37. The molecule has 0 atom stereocenters. The number of allylic oxidation sites excluding steroid dienone is 2. The molecule has 0 saturated carbocycles. The minimum atomic E-state index is 0.193. The highest BCUT2D eigenvalue weighted by Gasteiger charge is 2.18. The van der Waals surface area contributed by atoms with Crippen molar-refractivity contribution in [2.75, 3.05) is 0 Å². The summed E-state index contributed by atoms with van der Waals surface area (Å²) in [5.41, 5.74) is 1.02. The predicted molar refractivity (Wildman–Crippen MR) is 52.6 cm³/mol. The largest absolute Gasteiger partial charge is 0.295 e. The Morgan fingerprint density at radius 3 is 2.79 bits per heavy atom. The normalized spacial score (nSPS) is 16.5. The smallest absolute Gasteiger partial charge is 0.156 e. The van der Waals surface area contributed by atoms with Gasteiger partial charge in [0.05, 0.1) is 0 Å². The van der Waals surface area contributed by atoms with E-state index in [0.29, 0.717) is 6.42 Å². The average molecular weight is 191 g/mol. The molecule has 74 valence electrons. The summed E-state index contributed by atoms with van der Waals surface area (Å²) in [6, 6.07) is 0.282. The Morgan fingerprint density at radius 2 is 2.21 bits per heavy atom. The van der Waals surface area contributed by atoms with Gasteiger partial charge in [0.15, 0.2) is 11.6 Å². The summed E-state index contributed by atoms with van der Waals surface area (Å²) in [5.74, 6) is 1.03. The van der Waals surface area contributed by atoms with Crippen LogP contribution in [0.5, 0.6) is 0 Å². The van der Waals surface area contributed by atoms with Crippen LogP contribution in [0.25, 0.3) is 5.57 Å². The first kappa shape index (κ1) is 9.12. The first-order valence-corrected chi connectivity index (χ1v) is 4.82. The highest BCUT2D eigenvalue weighted by molar-refractivity contribution is 6.00. The molecule has 0 amide bonds. The van der Waals surface area contributed by atoms with Gasteiger partial charge in [0.2, 0.25) is 0 Å². The fourth-order valence-electron chi connectivity index (χ4n) is 1.63. The lowest BCUT2D eigenvalue weighted by molar-refractivity contribution is -0.114. The van der Waals surface area contributed by atoms with Gasteiger partial charge in [-0.05, 0) is 26.3 Å².